The molecule has 14 heavy (non-hydrogen) atoms. The minimum Gasteiger partial charge on any atom is -0.324 e. The van der Waals surface area contributed by atoms with E-state index >= 15 is 0 Å². The predicted octanol–water partition coefficient (Wildman–Crippen LogP) is 2.94. The van der Waals surface area contributed by atoms with Crippen LogP contribution in [-0.2, 0) is 0 Å². The summed E-state index contributed by atoms with van der Waals surface area (Å²) in [7, 11) is 0. The molecule has 2 saturated carbocycles. The van der Waals surface area contributed by atoms with E-state index in [0.717, 1.165) is 19.3 Å². The first-order chi connectivity index (χ1) is 6.23. The summed E-state index contributed by atoms with van der Waals surface area (Å²) in [5.74, 6) is -2.17. The van der Waals surface area contributed by atoms with E-state index in [1.54, 1.807) is 0 Å². The molecular formula is C11H19F2N. The number of alkyl halides is 2. The molecule has 0 radical (unpaired) electrons. The van der Waals surface area contributed by atoms with E-state index in [1.165, 1.54) is 0 Å². The fourth-order valence-corrected chi connectivity index (χ4v) is 3.13. The minimum atomic E-state index is -2.48. The number of rotatable bonds is 1. The monoisotopic (exact) mass is 203 g/mol. The van der Waals surface area contributed by atoms with Crippen molar-refractivity contribution in [3.8, 4) is 0 Å². The van der Waals surface area contributed by atoms with Gasteiger partial charge in [0.1, 0.15) is 0 Å². The van der Waals surface area contributed by atoms with Gasteiger partial charge >= 0.3 is 0 Å². The smallest absolute Gasteiger partial charge is 0.251 e. The zero-order valence-corrected chi connectivity index (χ0v) is 8.95. The number of nitrogens with two attached hydrogens (primary N) is 1. The Hall–Kier alpha value is -0.180. The zero-order chi connectivity index (χ0) is 10.6. The molecule has 0 aromatic rings. The Balaban J connectivity index is 1.99. The molecule has 2 N–H and O–H groups in total. The fraction of sp³-hybridized carbons (Fsp3) is 1.00. The summed E-state index contributed by atoms with van der Waals surface area (Å²) in [6, 6.07) is 0. The molecule has 0 aromatic carbocycles. The molecule has 0 heterocycles. The van der Waals surface area contributed by atoms with Crippen molar-refractivity contribution in [3.63, 3.8) is 0 Å². The van der Waals surface area contributed by atoms with Crippen LogP contribution in [0.5, 0.6) is 0 Å². The quantitative estimate of drug-likeness (QED) is 0.696. The Kier molecular flexibility index (Phi) is 1.98. The Morgan fingerprint density at radius 1 is 1.21 bits per heavy atom. The molecule has 1 nitrogen and oxygen atoms in total. The first-order valence-corrected chi connectivity index (χ1v) is 5.39. The first kappa shape index (κ1) is 10.3. The van der Waals surface area contributed by atoms with Crippen LogP contribution in [-0.4, -0.2) is 11.5 Å². The minimum absolute atomic E-state index is 0.0965. The predicted molar refractivity (Wildman–Crippen MR) is 52.2 cm³/mol. The van der Waals surface area contributed by atoms with Gasteiger partial charge in [-0.15, -0.1) is 0 Å². The van der Waals surface area contributed by atoms with E-state index < -0.39 is 11.5 Å². The van der Waals surface area contributed by atoms with Crippen LogP contribution in [0.1, 0.15) is 46.0 Å². The molecule has 0 aliphatic heterocycles. The Labute approximate surface area is 84.0 Å². The number of hydrogen-bond acceptors (Lipinski definition) is 1. The Morgan fingerprint density at radius 3 is 2.14 bits per heavy atom. The van der Waals surface area contributed by atoms with Crippen LogP contribution in [0.15, 0.2) is 0 Å². The largest absolute Gasteiger partial charge is 0.324 e. The van der Waals surface area contributed by atoms with Crippen LogP contribution in [0, 0.1) is 11.3 Å². The number of hydrogen-bond donors (Lipinski definition) is 1. The van der Waals surface area contributed by atoms with Crippen molar-refractivity contribution in [2.45, 2.75) is 57.4 Å². The Morgan fingerprint density at radius 2 is 1.79 bits per heavy atom. The molecular weight excluding hydrogens is 184 g/mol. The van der Waals surface area contributed by atoms with Gasteiger partial charge in [-0.05, 0) is 30.6 Å². The second-order valence-electron chi connectivity index (χ2n) is 6.05. The molecule has 1 unspecified atom stereocenters. The van der Waals surface area contributed by atoms with E-state index in [-0.39, 0.29) is 12.8 Å². The third kappa shape index (κ3) is 1.67. The molecule has 0 bridgehead atoms. The maximum atomic E-state index is 12.8. The van der Waals surface area contributed by atoms with Gasteiger partial charge in [0.15, 0.2) is 0 Å². The molecule has 0 saturated heterocycles. The summed E-state index contributed by atoms with van der Waals surface area (Å²) in [6.45, 7) is 4.40. The van der Waals surface area contributed by atoms with Gasteiger partial charge in [-0.1, -0.05) is 13.8 Å². The molecule has 2 aliphatic carbocycles. The van der Waals surface area contributed by atoms with Gasteiger partial charge in [-0.25, -0.2) is 8.78 Å². The highest BCUT2D eigenvalue weighted by Crippen LogP contribution is 2.55. The third-order valence-electron chi connectivity index (χ3n) is 3.96. The van der Waals surface area contributed by atoms with E-state index in [2.05, 4.69) is 13.8 Å². The van der Waals surface area contributed by atoms with Crippen LogP contribution in [0.25, 0.3) is 0 Å². The van der Waals surface area contributed by atoms with Crippen LogP contribution in [0.2, 0.25) is 0 Å². The van der Waals surface area contributed by atoms with Crippen LogP contribution >= 0.6 is 0 Å². The maximum Gasteiger partial charge on any atom is 0.251 e. The lowest BCUT2D eigenvalue weighted by Gasteiger charge is -2.48. The second-order valence-corrected chi connectivity index (χ2v) is 6.05. The average Bonchev–Trinajstić information content (AvgIpc) is 2.26. The van der Waals surface area contributed by atoms with Crippen molar-refractivity contribution in [2.24, 2.45) is 17.1 Å². The standard InChI is InChI=1S/C11H19F2N/c1-9(2)4-3-8(5-9)10(14)6-11(12,13)7-10/h8H,3-7,14H2,1-2H3. The molecule has 2 aliphatic rings. The summed E-state index contributed by atoms with van der Waals surface area (Å²) in [5, 5.41) is 0. The maximum absolute atomic E-state index is 12.8. The summed E-state index contributed by atoms with van der Waals surface area (Å²) >= 11 is 0. The molecule has 2 fully saturated rings. The molecule has 82 valence electrons. The van der Waals surface area contributed by atoms with E-state index in [4.69, 9.17) is 5.73 Å². The summed E-state index contributed by atoms with van der Waals surface area (Å²) in [4.78, 5) is 0. The van der Waals surface area contributed by atoms with Crippen molar-refractivity contribution in [1.29, 1.82) is 0 Å². The summed E-state index contributed by atoms with van der Waals surface area (Å²) < 4.78 is 25.6. The van der Waals surface area contributed by atoms with Gasteiger partial charge in [-0.3, -0.25) is 0 Å². The molecule has 0 aromatic heterocycles. The topological polar surface area (TPSA) is 26.0 Å². The van der Waals surface area contributed by atoms with Gasteiger partial charge in [0.25, 0.3) is 5.92 Å². The van der Waals surface area contributed by atoms with Crippen molar-refractivity contribution in [2.75, 3.05) is 0 Å². The van der Waals surface area contributed by atoms with E-state index in [9.17, 15) is 8.78 Å². The molecule has 0 amide bonds. The fourth-order valence-electron chi connectivity index (χ4n) is 3.13. The van der Waals surface area contributed by atoms with Crippen molar-refractivity contribution < 1.29 is 8.78 Å². The molecule has 0 spiro atoms. The molecule has 1 atom stereocenters. The lowest BCUT2D eigenvalue weighted by Crippen LogP contribution is -2.62. The van der Waals surface area contributed by atoms with Gasteiger partial charge in [0, 0.05) is 18.4 Å². The second kappa shape index (κ2) is 2.69. The van der Waals surface area contributed by atoms with Gasteiger partial charge in [0.2, 0.25) is 0 Å². The normalized spacial score (nSPS) is 37.9. The van der Waals surface area contributed by atoms with E-state index in [1.807, 2.05) is 0 Å². The highest BCUT2D eigenvalue weighted by Gasteiger charge is 2.59. The van der Waals surface area contributed by atoms with Crippen LogP contribution in [0.4, 0.5) is 8.78 Å². The zero-order valence-electron chi connectivity index (χ0n) is 8.95. The summed E-state index contributed by atoms with van der Waals surface area (Å²) in [6.07, 6.45) is 2.98. The van der Waals surface area contributed by atoms with Gasteiger partial charge < -0.3 is 5.73 Å². The van der Waals surface area contributed by atoms with E-state index in [0.29, 0.717) is 11.3 Å². The highest BCUT2D eigenvalue weighted by molar-refractivity contribution is 5.09. The van der Waals surface area contributed by atoms with Crippen LogP contribution < -0.4 is 5.73 Å². The van der Waals surface area contributed by atoms with Gasteiger partial charge in [-0.2, -0.15) is 0 Å². The van der Waals surface area contributed by atoms with Gasteiger partial charge in [0.05, 0.1) is 0 Å². The Bertz CT molecular complexity index is 240. The first-order valence-electron chi connectivity index (χ1n) is 5.39. The molecule has 3 heteroatoms. The third-order valence-corrected chi connectivity index (χ3v) is 3.96. The van der Waals surface area contributed by atoms with Crippen LogP contribution in [0.3, 0.4) is 0 Å². The SMILES string of the molecule is CC1(C)CCC(C2(N)CC(F)(F)C2)C1. The highest BCUT2D eigenvalue weighted by atomic mass is 19.3. The summed E-state index contributed by atoms with van der Waals surface area (Å²) in [5.41, 5.74) is 5.77. The lowest BCUT2D eigenvalue weighted by molar-refractivity contribution is -0.139. The van der Waals surface area contributed by atoms with Crippen molar-refractivity contribution in [3.05, 3.63) is 0 Å². The van der Waals surface area contributed by atoms with Crippen molar-refractivity contribution >= 4 is 0 Å². The number of halogens is 2. The molecule has 2 rings (SSSR count). The average molecular weight is 203 g/mol. The lowest BCUT2D eigenvalue weighted by atomic mass is 9.65. The van der Waals surface area contributed by atoms with Crippen molar-refractivity contribution in [1.82, 2.24) is 0 Å².